The molecule has 28 heavy (non-hydrogen) atoms. The number of sulfonamides is 1. The minimum Gasteiger partial charge on any atom is -0.369 e. The first-order chi connectivity index (χ1) is 13.3. The van der Waals surface area contributed by atoms with Gasteiger partial charge in [0.15, 0.2) is 9.86 Å². The van der Waals surface area contributed by atoms with Gasteiger partial charge in [0.1, 0.15) is 0 Å². The summed E-state index contributed by atoms with van der Waals surface area (Å²) < 4.78 is 29.1. The summed E-state index contributed by atoms with van der Waals surface area (Å²) in [4.78, 5) is 19.6. The van der Waals surface area contributed by atoms with E-state index in [9.17, 15) is 13.2 Å². The van der Waals surface area contributed by atoms with Crippen molar-refractivity contribution in [3.05, 3.63) is 57.0 Å². The molecule has 1 aromatic carbocycles. The number of aromatic nitrogens is 2. The van der Waals surface area contributed by atoms with Crippen LogP contribution < -0.4 is 10.5 Å². The van der Waals surface area contributed by atoms with Gasteiger partial charge in [-0.25, -0.2) is 13.4 Å². The molecule has 0 aliphatic carbocycles. The normalized spacial score (nSPS) is 16.0. The highest BCUT2D eigenvalue weighted by molar-refractivity contribution is 7.89. The Morgan fingerprint density at radius 1 is 1.07 bits per heavy atom. The number of aryl methyl sites for hydroxylation is 3. The second-order valence-electron chi connectivity index (χ2n) is 7.07. The maximum atomic E-state index is 13.2. The van der Waals surface area contributed by atoms with Crippen LogP contribution in [0, 0.1) is 20.8 Å². The quantitative estimate of drug-likeness (QED) is 0.652. The van der Waals surface area contributed by atoms with Gasteiger partial charge in [0.05, 0.1) is 5.69 Å². The van der Waals surface area contributed by atoms with Gasteiger partial charge >= 0.3 is 0 Å². The lowest BCUT2D eigenvalue weighted by Gasteiger charge is -2.36. The number of hydrogen-bond donors (Lipinski definition) is 0. The molecule has 9 heteroatoms. The Balaban J connectivity index is 1.63. The van der Waals surface area contributed by atoms with E-state index in [1.807, 2.05) is 6.92 Å². The molecule has 3 heterocycles. The third-order valence-electron chi connectivity index (χ3n) is 5.14. The highest BCUT2D eigenvalue weighted by Crippen LogP contribution is 2.25. The van der Waals surface area contributed by atoms with Crippen LogP contribution in [0.5, 0.6) is 0 Å². The van der Waals surface area contributed by atoms with Crippen LogP contribution in [0.4, 0.5) is 5.69 Å². The van der Waals surface area contributed by atoms with Crippen molar-refractivity contribution < 1.29 is 8.42 Å². The maximum absolute atomic E-state index is 13.2. The molecule has 1 fully saturated rings. The topological polar surface area (TPSA) is 75.0 Å². The van der Waals surface area contributed by atoms with E-state index < -0.39 is 15.6 Å². The second-order valence-corrected chi connectivity index (χ2v) is 9.82. The van der Waals surface area contributed by atoms with Gasteiger partial charge in [-0.2, -0.15) is 4.31 Å². The van der Waals surface area contributed by atoms with Crippen molar-refractivity contribution in [1.82, 2.24) is 13.7 Å². The Bertz CT molecular complexity index is 1210. The van der Waals surface area contributed by atoms with Crippen LogP contribution in [0.15, 0.2) is 39.5 Å². The van der Waals surface area contributed by atoms with Crippen LogP contribution in [0.25, 0.3) is 4.96 Å². The van der Waals surface area contributed by atoms with Crippen LogP contribution in [0.3, 0.4) is 0 Å². The minimum absolute atomic E-state index is 0.219. The first kappa shape index (κ1) is 19.1. The molecule has 4 rings (SSSR count). The monoisotopic (exact) mass is 418 g/mol. The Kier molecular flexibility index (Phi) is 4.76. The molecule has 1 saturated heterocycles. The number of fused-ring (bicyclic) bond motifs is 1. The number of hydrogen-bond acceptors (Lipinski definition) is 6. The summed E-state index contributed by atoms with van der Waals surface area (Å²) >= 11 is 1.31. The van der Waals surface area contributed by atoms with Crippen molar-refractivity contribution in [2.75, 3.05) is 31.1 Å². The largest absolute Gasteiger partial charge is 0.369 e. The summed E-state index contributed by atoms with van der Waals surface area (Å²) in [7, 11) is -3.90. The molecule has 0 atom stereocenters. The van der Waals surface area contributed by atoms with Crippen LogP contribution in [0.1, 0.15) is 16.8 Å². The zero-order valence-electron chi connectivity index (χ0n) is 16.0. The van der Waals surface area contributed by atoms with E-state index in [0.29, 0.717) is 31.1 Å². The van der Waals surface area contributed by atoms with E-state index in [4.69, 9.17) is 0 Å². The molecule has 0 bridgehead atoms. The molecule has 1 aliphatic rings. The molecule has 0 amide bonds. The fraction of sp³-hybridized carbons (Fsp3) is 0.368. The average Bonchev–Trinajstić information content (AvgIpc) is 3.12. The van der Waals surface area contributed by atoms with Gasteiger partial charge in [0.25, 0.3) is 15.6 Å². The second kappa shape index (κ2) is 6.98. The molecule has 0 saturated carbocycles. The molecule has 0 radical (unpaired) electrons. The van der Waals surface area contributed by atoms with Crippen LogP contribution in [-0.4, -0.2) is 48.3 Å². The first-order valence-electron chi connectivity index (χ1n) is 9.08. The summed E-state index contributed by atoms with van der Waals surface area (Å²) in [6, 6.07) is 6.29. The van der Waals surface area contributed by atoms with E-state index >= 15 is 0 Å². The fourth-order valence-corrected chi connectivity index (χ4v) is 6.01. The van der Waals surface area contributed by atoms with E-state index in [-0.39, 0.29) is 10.6 Å². The van der Waals surface area contributed by atoms with E-state index in [1.54, 1.807) is 18.5 Å². The zero-order chi connectivity index (χ0) is 20.1. The van der Waals surface area contributed by atoms with Gasteiger partial charge in [-0.15, -0.1) is 11.3 Å². The van der Waals surface area contributed by atoms with Crippen molar-refractivity contribution in [3.63, 3.8) is 0 Å². The SMILES string of the molecule is Cc1ccc(C)c(N2CCN(S(=O)(=O)c3c(C)nc4sccn4c3=O)CC2)c1. The number of anilines is 1. The van der Waals surface area contributed by atoms with Gasteiger partial charge < -0.3 is 4.90 Å². The van der Waals surface area contributed by atoms with Gasteiger partial charge in [0, 0.05) is 43.4 Å². The first-order valence-corrected chi connectivity index (χ1v) is 11.4. The van der Waals surface area contributed by atoms with Gasteiger partial charge in [-0.05, 0) is 38.0 Å². The third kappa shape index (κ3) is 3.13. The number of thiazole rings is 1. The van der Waals surface area contributed by atoms with Gasteiger partial charge in [-0.1, -0.05) is 12.1 Å². The standard InChI is InChI=1S/C19H22N4O3S2/c1-13-4-5-14(2)16(12-13)21-6-8-22(9-7-21)28(25,26)17-15(3)20-19-23(18(17)24)10-11-27-19/h4-5,10-12H,6-9H2,1-3H3. The number of rotatable bonds is 3. The lowest BCUT2D eigenvalue weighted by Crippen LogP contribution is -2.50. The highest BCUT2D eigenvalue weighted by atomic mass is 32.2. The summed E-state index contributed by atoms with van der Waals surface area (Å²) in [6.45, 7) is 7.52. The summed E-state index contributed by atoms with van der Waals surface area (Å²) in [5.74, 6) is 0. The predicted molar refractivity (Wildman–Crippen MR) is 111 cm³/mol. The van der Waals surface area contributed by atoms with Crippen LogP contribution >= 0.6 is 11.3 Å². The summed E-state index contributed by atoms with van der Waals surface area (Å²) in [5, 5.41) is 1.72. The maximum Gasteiger partial charge on any atom is 0.279 e. The Labute approximate surface area is 167 Å². The molecule has 7 nitrogen and oxygen atoms in total. The molecule has 1 aliphatic heterocycles. The lowest BCUT2D eigenvalue weighted by molar-refractivity contribution is 0.383. The van der Waals surface area contributed by atoms with Crippen molar-refractivity contribution in [2.24, 2.45) is 0 Å². The molecular formula is C19H22N4O3S2. The number of piperazine rings is 1. The van der Waals surface area contributed by atoms with Crippen molar-refractivity contribution in [1.29, 1.82) is 0 Å². The van der Waals surface area contributed by atoms with Crippen LogP contribution in [-0.2, 0) is 10.0 Å². The average molecular weight is 419 g/mol. The van der Waals surface area contributed by atoms with Crippen LogP contribution in [0.2, 0.25) is 0 Å². The Morgan fingerprint density at radius 2 is 1.79 bits per heavy atom. The fourth-order valence-electron chi connectivity index (χ4n) is 3.62. The Hall–Kier alpha value is -2.23. The Morgan fingerprint density at radius 3 is 2.50 bits per heavy atom. The smallest absolute Gasteiger partial charge is 0.279 e. The summed E-state index contributed by atoms with van der Waals surface area (Å²) in [5.41, 5.74) is 3.21. The molecule has 0 N–H and O–H groups in total. The van der Waals surface area contributed by atoms with Crippen molar-refractivity contribution in [3.8, 4) is 0 Å². The molecule has 0 spiro atoms. The molecule has 3 aromatic rings. The molecule has 0 unspecified atom stereocenters. The molecule has 2 aromatic heterocycles. The van der Waals surface area contributed by atoms with E-state index in [0.717, 1.165) is 5.69 Å². The zero-order valence-corrected chi connectivity index (χ0v) is 17.7. The summed E-state index contributed by atoms with van der Waals surface area (Å²) in [6.07, 6.45) is 1.56. The van der Waals surface area contributed by atoms with Gasteiger partial charge in [0.2, 0.25) is 0 Å². The van der Waals surface area contributed by atoms with Gasteiger partial charge in [-0.3, -0.25) is 9.20 Å². The van der Waals surface area contributed by atoms with Crippen molar-refractivity contribution in [2.45, 2.75) is 25.7 Å². The number of nitrogens with zero attached hydrogens (tertiary/aromatic N) is 4. The minimum atomic E-state index is -3.90. The number of benzene rings is 1. The highest BCUT2D eigenvalue weighted by Gasteiger charge is 2.33. The lowest BCUT2D eigenvalue weighted by atomic mass is 10.1. The van der Waals surface area contributed by atoms with E-state index in [1.165, 1.54) is 31.2 Å². The molecule has 148 valence electrons. The predicted octanol–water partition coefficient (Wildman–Crippen LogP) is 2.19. The third-order valence-corrected chi connectivity index (χ3v) is 7.92. The molecular weight excluding hydrogens is 396 g/mol. The van der Waals surface area contributed by atoms with E-state index in [2.05, 4.69) is 35.0 Å². The van der Waals surface area contributed by atoms with Crippen molar-refractivity contribution >= 4 is 32.0 Å².